The number of nitro benzene ring substituents is 1. The molecule has 80 valence electrons. The number of ether oxygens (including phenoxy) is 1. The van der Waals surface area contributed by atoms with Gasteiger partial charge in [0.1, 0.15) is 11.3 Å². The molecule has 1 rings (SSSR count). The number of rotatable bonds is 2. The Morgan fingerprint density at radius 1 is 1.47 bits per heavy atom. The maximum atomic E-state index is 11.1. The fraction of sp³-hybridized carbons (Fsp3) is 0.125. The van der Waals surface area contributed by atoms with Crippen molar-refractivity contribution in [3.05, 3.63) is 27.8 Å². The molecule has 0 saturated heterocycles. The molecular formula is C8H7NO6. The molecule has 1 aromatic rings. The number of carbonyl (C=O) groups is 1. The number of hydrogen-bond acceptors (Lipinski definition) is 6. The van der Waals surface area contributed by atoms with Crippen LogP contribution in [0.5, 0.6) is 11.5 Å². The summed E-state index contributed by atoms with van der Waals surface area (Å²) < 4.78 is 4.27. The van der Waals surface area contributed by atoms with Crippen LogP contribution < -0.4 is 0 Å². The van der Waals surface area contributed by atoms with Crippen LogP contribution in [-0.2, 0) is 4.74 Å². The van der Waals surface area contributed by atoms with E-state index < -0.39 is 33.6 Å². The SMILES string of the molecule is COC(=O)c1cc(O)cc(O)c1[N+](=O)[O-]. The van der Waals surface area contributed by atoms with Crippen molar-refractivity contribution in [2.24, 2.45) is 0 Å². The van der Waals surface area contributed by atoms with Crippen molar-refractivity contribution in [2.75, 3.05) is 7.11 Å². The van der Waals surface area contributed by atoms with Gasteiger partial charge in [0, 0.05) is 12.1 Å². The van der Waals surface area contributed by atoms with Gasteiger partial charge >= 0.3 is 11.7 Å². The summed E-state index contributed by atoms with van der Waals surface area (Å²) in [5.74, 6) is -2.26. The average Bonchev–Trinajstić information content (AvgIpc) is 2.14. The third kappa shape index (κ3) is 1.96. The Bertz CT molecular complexity index is 427. The molecule has 0 atom stereocenters. The van der Waals surface area contributed by atoms with Crippen LogP contribution in [0.25, 0.3) is 0 Å². The molecule has 0 aliphatic heterocycles. The van der Waals surface area contributed by atoms with Crippen LogP contribution in [-0.4, -0.2) is 28.2 Å². The predicted molar refractivity (Wildman–Crippen MR) is 47.8 cm³/mol. The number of phenolic OH excluding ortho intramolecular Hbond substituents is 2. The topological polar surface area (TPSA) is 110 Å². The molecule has 15 heavy (non-hydrogen) atoms. The third-order valence-corrected chi connectivity index (χ3v) is 1.66. The number of benzene rings is 1. The molecule has 0 amide bonds. The molecule has 0 fully saturated rings. The van der Waals surface area contributed by atoms with Crippen LogP contribution >= 0.6 is 0 Å². The van der Waals surface area contributed by atoms with Crippen molar-refractivity contribution in [3.63, 3.8) is 0 Å². The van der Waals surface area contributed by atoms with E-state index >= 15 is 0 Å². The van der Waals surface area contributed by atoms with Crippen LogP contribution in [0, 0.1) is 10.1 Å². The van der Waals surface area contributed by atoms with Crippen LogP contribution in [0.4, 0.5) is 5.69 Å². The summed E-state index contributed by atoms with van der Waals surface area (Å²) in [7, 11) is 1.03. The van der Waals surface area contributed by atoms with E-state index in [2.05, 4.69) is 4.74 Å². The normalized spacial score (nSPS) is 9.67. The molecule has 0 bridgehead atoms. The Labute approximate surface area is 83.7 Å². The highest BCUT2D eigenvalue weighted by atomic mass is 16.6. The molecule has 0 radical (unpaired) electrons. The van der Waals surface area contributed by atoms with Gasteiger partial charge in [-0.25, -0.2) is 4.79 Å². The number of nitrogens with zero attached hydrogens (tertiary/aromatic N) is 1. The van der Waals surface area contributed by atoms with Crippen molar-refractivity contribution in [1.82, 2.24) is 0 Å². The van der Waals surface area contributed by atoms with Crippen molar-refractivity contribution >= 4 is 11.7 Å². The van der Waals surface area contributed by atoms with E-state index in [4.69, 9.17) is 5.11 Å². The number of nitro groups is 1. The number of hydrogen-bond donors (Lipinski definition) is 2. The van der Waals surface area contributed by atoms with E-state index in [0.717, 1.165) is 19.2 Å². The average molecular weight is 213 g/mol. The monoisotopic (exact) mass is 213 g/mol. The lowest BCUT2D eigenvalue weighted by molar-refractivity contribution is -0.386. The summed E-state index contributed by atoms with van der Waals surface area (Å²) in [5.41, 5.74) is -1.29. The second kappa shape index (κ2) is 3.82. The lowest BCUT2D eigenvalue weighted by Crippen LogP contribution is -2.05. The van der Waals surface area contributed by atoms with Crippen LogP contribution in [0.3, 0.4) is 0 Å². The van der Waals surface area contributed by atoms with Gasteiger partial charge in [0.05, 0.1) is 12.0 Å². The number of methoxy groups -OCH3 is 1. The predicted octanol–water partition coefficient (Wildman–Crippen LogP) is 0.793. The molecule has 0 spiro atoms. The Morgan fingerprint density at radius 3 is 2.53 bits per heavy atom. The Morgan fingerprint density at radius 2 is 2.07 bits per heavy atom. The zero-order chi connectivity index (χ0) is 11.6. The van der Waals surface area contributed by atoms with E-state index in [9.17, 15) is 20.0 Å². The maximum Gasteiger partial charge on any atom is 0.345 e. The molecular weight excluding hydrogens is 206 g/mol. The zero-order valence-electron chi connectivity index (χ0n) is 7.63. The van der Waals surface area contributed by atoms with E-state index in [1.54, 1.807) is 0 Å². The van der Waals surface area contributed by atoms with Gasteiger partial charge in [-0.3, -0.25) is 10.1 Å². The molecule has 0 saturated carbocycles. The summed E-state index contributed by atoms with van der Waals surface area (Å²) in [4.78, 5) is 20.7. The largest absolute Gasteiger partial charge is 0.508 e. The summed E-state index contributed by atoms with van der Waals surface area (Å²) in [6.45, 7) is 0. The summed E-state index contributed by atoms with van der Waals surface area (Å²) in [5, 5.41) is 28.8. The molecule has 2 N–H and O–H groups in total. The molecule has 0 unspecified atom stereocenters. The number of esters is 1. The van der Waals surface area contributed by atoms with Crippen molar-refractivity contribution in [1.29, 1.82) is 0 Å². The Kier molecular flexibility index (Phi) is 2.75. The highest BCUT2D eigenvalue weighted by molar-refractivity contribution is 5.95. The van der Waals surface area contributed by atoms with Gasteiger partial charge in [-0.05, 0) is 0 Å². The minimum Gasteiger partial charge on any atom is -0.508 e. The quantitative estimate of drug-likeness (QED) is 0.427. The van der Waals surface area contributed by atoms with E-state index in [0.29, 0.717) is 0 Å². The van der Waals surface area contributed by atoms with Gasteiger partial charge in [0.25, 0.3) is 0 Å². The van der Waals surface area contributed by atoms with Crippen molar-refractivity contribution in [2.45, 2.75) is 0 Å². The highest BCUT2D eigenvalue weighted by Gasteiger charge is 2.26. The van der Waals surface area contributed by atoms with Crippen LogP contribution in [0.2, 0.25) is 0 Å². The van der Waals surface area contributed by atoms with E-state index in [1.165, 1.54) is 0 Å². The highest BCUT2D eigenvalue weighted by Crippen LogP contribution is 2.34. The molecule has 7 nitrogen and oxygen atoms in total. The van der Waals surface area contributed by atoms with Gasteiger partial charge in [0.15, 0.2) is 5.75 Å². The third-order valence-electron chi connectivity index (χ3n) is 1.66. The molecule has 1 aromatic carbocycles. The van der Waals surface area contributed by atoms with Crippen molar-refractivity contribution < 1.29 is 24.7 Å². The number of carbonyl (C=O) groups excluding carboxylic acids is 1. The summed E-state index contributed by atoms with van der Waals surface area (Å²) in [6, 6.07) is 1.62. The molecule has 7 heteroatoms. The Hall–Kier alpha value is -2.31. The fourth-order valence-electron chi connectivity index (χ4n) is 1.06. The minimum atomic E-state index is -1.01. The first kappa shape index (κ1) is 10.8. The van der Waals surface area contributed by atoms with Crippen molar-refractivity contribution in [3.8, 4) is 11.5 Å². The summed E-state index contributed by atoms with van der Waals surface area (Å²) in [6.07, 6.45) is 0. The van der Waals surface area contributed by atoms with Crippen LogP contribution in [0.15, 0.2) is 12.1 Å². The maximum absolute atomic E-state index is 11.1. The molecule has 0 aliphatic rings. The smallest absolute Gasteiger partial charge is 0.345 e. The first-order valence-electron chi connectivity index (χ1n) is 3.76. The van der Waals surface area contributed by atoms with Crippen LogP contribution in [0.1, 0.15) is 10.4 Å². The lowest BCUT2D eigenvalue weighted by Gasteiger charge is -2.03. The minimum absolute atomic E-state index is 0.460. The molecule has 0 aliphatic carbocycles. The van der Waals surface area contributed by atoms with E-state index in [-0.39, 0.29) is 0 Å². The van der Waals surface area contributed by atoms with E-state index in [1.807, 2.05) is 0 Å². The summed E-state index contributed by atoms with van der Waals surface area (Å²) >= 11 is 0. The van der Waals surface area contributed by atoms with Gasteiger partial charge in [-0.15, -0.1) is 0 Å². The van der Waals surface area contributed by atoms with Gasteiger partial charge in [-0.1, -0.05) is 0 Å². The first-order chi connectivity index (χ1) is 6.97. The van der Waals surface area contributed by atoms with Gasteiger partial charge in [0.2, 0.25) is 0 Å². The standard InChI is InChI=1S/C8H7NO6/c1-15-8(12)5-2-4(10)3-6(11)7(5)9(13)14/h2-3,10-11H,1H3. The first-order valence-corrected chi connectivity index (χ1v) is 3.76. The second-order valence-electron chi connectivity index (χ2n) is 2.61. The Balaban J connectivity index is 3.46. The van der Waals surface area contributed by atoms with Gasteiger partial charge in [-0.2, -0.15) is 0 Å². The molecule has 0 aromatic heterocycles. The molecule has 0 heterocycles. The fourth-order valence-corrected chi connectivity index (χ4v) is 1.06. The zero-order valence-corrected chi connectivity index (χ0v) is 7.63. The lowest BCUT2D eigenvalue weighted by atomic mass is 10.1. The second-order valence-corrected chi connectivity index (χ2v) is 2.61. The van der Waals surface area contributed by atoms with Gasteiger partial charge < -0.3 is 14.9 Å². The number of aromatic hydroxyl groups is 2. The number of phenols is 2.